The van der Waals surface area contributed by atoms with E-state index in [2.05, 4.69) is 67.4 Å². The van der Waals surface area contributed by atoms with Crippen molar-refractivity contribution in [2.45, 2.75) is 78.8 Å². The second kappa shape index (κ2) is 32.3. The van der Waals surface area contributed by atoms with Crippen LogP contribution in [0.2, 0.25) is 19.1 Å². The van der Waals surface area contributed by atoms with Gasteiger partial charge in [-0.3, -0.25) is 14.4 Å². The molecule has 78 heavy (non-hydrogen) atoms. The summed E-state index contributed by atoms with van der Waals surface area (Å²) in [6, 6.07) is 41.3. The van der Waals surface area contributed by atoms with Gasteiger partial charge in [-0.15, -0.1) is 17.4 Å². The van der Waals surface area contributed by atoms with Gasteiger partial charge in [0, 0.05) is 81.2 Å². The summed E-state index contributed by atoms with van der Waals surface area (Å²) >= 11 is 0. The Morgan fingerprint density at radius 2 is 1.03 bits per heavy atom. The molecule has 1 aromatic heterocycles. The van der Waals surface area contributed by atoms with Crippen molar-refractivity contribution in [1.82, 2.24) is 30.9 Å². The van der Waals surface area contributed by atoms with Gasteiger partial charge in [-0.1, -0.05) is 113 Å². The van der Waals surface area contributed by atoms with E-state index in [0.29, 0.717) is 47.9 Å². The average Bonchev–Trinajstić information content (AvgIpc) is 3.96. The number of hydrogen-bond acceptors (Lipinski definition) is 10. The third-order valence-electron chi connectivity index (χ3n) is 11.5. The zero-order valence-corrected chi connectivity index (χ0v) is 47.9. The molecule has 7 rings (SSSR count). The lowest BCUT2D eigenvalue weighted by atomic mass is 10.0. The SMILES string of the molecule is C#CC[SiH](C)C.COCC(C)NC(=O)c1cc(-c2ccc(C)cc2)cc(-n2ccnn2)c1.COCC(C)NC(=O)c1cc(N)cc(-c2ccc(C)cc2)c1.COCC(C)NC(=O)c1cc(N=[N+]=[N-])cc(-c2ccc(C)cc2)c1. The highest BCUT2D eigenvalue weighted by atomic mass is 28.3. The van der Waals surface area contributed by atoms with E-state index in [4.69, 9.17) is 31.9 Å². The van der Waals surface area contributed by atoms with Gasteiger partial charge in [-0.05, 0) is 141 Å². The number of terminal acetylenes is 1. The van der Waals surface area contributed by atoms with Gasteiger partial charge >= 0.3 is 0 Å². The van der Waals surface area contributed by atoms with E-state index in [0.717, 1.165) is 50.7 Å². The first-order chi connectivity index (χ1) is 37.4. The van der Waals surface area contributed by atoms with Gasteiger partial charge in [0.15, 0.2) is 0 Å². The molecule has 0 radical (unpaired) electrons. The molecule has 0 aliphatic heterocycles. The zero-order chi connectivity index (χ0) is 57.1. The van der Waals surface area contributed by atoms with E-state index < -0.39 is 8.80 Å². The van der Waals surface area contributed by atoms with E-state index in [1.165, 1.54) is 11.1 Å². The van der Waals surface area contributed by atoms with Crippen LogP contribution in [0.4, 0.5) is 11.4 Å². The first-order valence-electron chi connectivity index (χ1n) is 25.5. The summed E-state index contributed by atoms with van der Waals surface area (Å²) in [4.78, 5) is 40.2. The number of azide groups is 1. The largest absolute Gasteiger partial charge is 0.399 e. The van der Waals surface area contributed by atoms with Crippen molar-refractivity contribution in [2.75, 3.05) is 46.9 Å². The minimum absolute atomic E-state index is 0.0539. The molecular weight excluding hydrogens is 997 g/mol. The second-order valence-electron chi connectivity index (χ2n) is 19.3. The van der Waals surface area contributed by atoms with Crippen LogP contribution in [0.1, 0.15) is 68.5 Å². The highest BCUT2D eigenvalue weighted by Crippen LogP contribution is 2.29. The molecule has 0 aliphatic carbocycles. The van der Waals surface area contributed by atoms with E-state index in [-0.39, 0.29) is 35.8 Å². The fourth-order valence-electron chi connectivity index (χ4n) is 7.62. The van der Waals surface area contributed by atoms with Crippen LogP contribution in [0.5, 0.6) is 0 Å². The van der Waals surface area contributed by atoms with Crippen LogP contribution >= 0.6 is 0 Å². The molecule has 16 nitrogen and oxygen atoms in total. The van der Waals surface area contributed by atoms with Gasteiger partial charge in [-0.25, -0.2) is 4.68 Å². The Kier molecular flexibility index (Phi) is 25.7. The van der Waals surface area contributed by atoms with Crippen LogP contribution in [-0.2, 0) is 14.2 Å². The number of ether oxygens (including phenoxy) is 3. The van der Waals surface area contributed by atoms with Crippen LogP contribution in [0.25, 0.3) is 49.5 Å². The zero-order valence-electron chi connectivity index (χ0n) is 46.7. The monoisotopic (exact) mass is 1070 g/mol. The maximum absolute atomic E-state index is 12.7. The summed E-state index contributed by atoms with van der Waals surface area (Å²) in [6.07, 6.45) is 8.38. The first-order valence-corrected chi connectivity index (χ1v) is 28.7. The van der Waals surface area contributed by atoms with Crippen LogP contribution < -0.4 is 21.7 Å². The Hall–Kier alpha value is -8.36. The molecule has 3 amide bonds. The highest BCUT2D eigenvalue weighted by molar-refractivity contribution is 6.56. The summed E-state index contributed by atoms with van der Waals surface area (Å²) in [5.41, 5.74) is 27.2. The van der Waals surface area contributed by atoms with Gasteiger partial charge in [0.05, 0.1) is 37.9 Å². The number of aryl methyl sites for hydroxylation is 3. The molecule has 1 heterocycles. The fraction of sp³-hybridized carbons (Fsp3) is 0.295. The molecule has 408 valence electrons. The maximum atomic E-state index is 12.7. The summed E-state index contributed by atoms with van der Waals surface area (Å²) < 4.78 is 16.8. The van der Waals surface area contributed by atoms with Crippen molar-refractivity contribution >= 4 is 37.9 Å². The maximum Gasteiger partial charge on any atom is 0.251 e. The van der Waals surface area contributed by atoms with Crippen LogP contribution in [0.15, 0.2) is 145 Å². The smallest absolute Gasteiger partial charge is 0.251 e. The van der Waals surface area contributed by atoms with E-state index in [9.17, 15) is 14.4 Å². The number of carbonyl (C=O) groups excluding carboxylic acids is 3. The number of nitrogens with zero attached hydrogens (tertiary/aromatic N) is 6. The van der Waals surface area contributed by atoms with Crippen LogP contribution in [0, 0.1) is 33.1 Å². The van der Waals surface area contributed by atoms with Gasteiger partial charge in [0.2, 0.25) is 0 Å². The van der Waals surface area contributed by atoms with E-state index >= 15 is 0 Å². The van der Waals surface area contributed by atoms with Crippen LogP contribution in [0.3, 0.4) is 0 Å². The molecule has 0 saturated carbocycles. The standard InChI is InChI=1S/C20H22N4O2.C18H20N4O2.C18H22N2O2.C5H10Si/c1-14-4-6-16(7-5-14)17-10-18(20(25)22-15(2)13-26-3)12-19(11-17)24-9-8-21-23-24;1-12-4-6-14(7-5-12)15-8-16(10-17(9-15)21-22-19)18(23)20-13(2)11-24-3;1-12-4-6-14(7-5-12)15-8-16(10-17(19)9-15)18(21)20-13(2)11-22-3;1-4-5-6(2)3/h4-12,15H,13H2,1-3H3,(H,22,25);4-10,13H,11H2,1-3H3,(H,20,23);4-10,13H,11,19H2,1-3H3,(H,20,21);1,6H,5H2,2-3H3. The Morgan fingerprint density at radius 3 is 1.38 bits per heavy atom. The first kappa shape index (κ1) is 62.2. The average molecular weight is 1070 g/mol. The number of amides is 3. The van der Waals surface area contributed by atoms with E-state index in [1.54, 1.807) is 68.7 Å². The van der Waals surface area contributed by atoms with Crippen molar-refractivity contribution in [2.24, 2.45) is 5.11 Å². The summed E-state index contributed by atoms with van der Waals surface area (Å²) in [5, 5.41) is 20.2. The van der Waals surface area contributed by atoms with Crippen molar-refractivity contribution in [3.05, 3.63) is 184 Å². The molecule has 7 aromatic rings. The molecule has 0 aliphatic rings. The molecule has 0 bridgehead atoms. The number of nitrogen functional groups attached to an aromatic ring is 1. The summed E-state index contributed by atoms with van der Waals surface area (Å²) in [7, 11) is 4.40. The molecule has 3 atom stereocenters. The Bertz CT molecular complexity index is 3100. The number of rotatable bonds is 18. The minimum Gasteiger partial charge on any atom is -0.399 e. The molecular formula is C61H74N10O6Si. The number of nitrogens with two attached hydrogens (primary N) is 1. The van der Waals surface area contributed by atoms with Crippen molar-refractivity contribution in [3.63, 3.8) is 0 Å². The molecule has 0 saturated heterocycles. The van der Waals surface area contributed by atoms with Gasteiger partial charge in [0.1, 0.15) is 0 Å². The van der Waals surface area contributed by atoms with Gasteiger partial charge in [0.25, 0.3) is 17.7 Å². The van der Waals surface area contributed by atoms with Crippen molar-refractivity contribution in [3.8, 4) is 51.4 Å². The highest BCUT2D eigenvalue weighted by Gasteiger charge is 2.16. The van der Waals surface area contributed by atoms with Crippen molar-refractivity contribution in [1.29, 1.82) is 0 Å². The second-order valence-corrected chi connectivity index (χ2v) is 22.5. The molecule has 3 unspecified atom stereocenters. The number of anilines is 1. The molecule has 0 fully saturated rings. The minimum atomic E-state index is -0.407. The number of benzene rings is 6. The number of nitrogens with one attached hydrogen (secondary N) is 3. The quantitative estimate of drug-likeness (QED) is 0.0160. The summed E-state index contributed by atoms with van der Waals surface area (Å²) in [6.45, 7) is 17.6. The predicted molar refractivity (Wildman–Crippen MR) is 317 cm³/mol. The summed E-state index contributed by atoms with van der Waals surface area (Å²) in [5.74, 6) is 2.10. The molecule has 17 heteroatoms. The topological polar surface area (TPSA) is 220 Å². The Balaban J connectivity index is 0.000000240. The third-order valence-corrected chi connectivity index (χ3v) is 12.5. The third kappa shape index (κ3) is 21.0. The molecule has 0 spiro atoms. The van der Waals surface area contributed by atoms with Crippen LogP contribution in [-0.4, -0.2) is 101 Å². The Labute approximate surface area is 461 Å². The number of methoxy groups -OCH3 is 3. The van der Waals surface area contributed by atoms with Gasteiger partial charge in [-0.2, -0.15) is 0 Å². The van der Waals surface area contributed by atoms with Gasteiger partial charge < -0.3 is 35.9 Å². The van der Waals surface area contributed by atoms with Crippen molar-refractivity contribution < 1.29 is 28.6 Å². The molecule has 6 aromatic carbocycles. The van der Waals surface area contributed by atoms with E-state index in [1.807, 2.05) is 126 Å². The number of hydrogen-bond donors (Lipinski definition) is 4. The normalized spacial score (nSPS) is 11.5. The fourth-order valence-corrected chi connectivity index (χ4v) is 8.10. The predicted octanol–water partition coefficient (Wildman–Crippen LogP) is 11.5. The lowest BCUT2D eigenvalue weighted by Crippen LogP contribution is -2.35. The lowest BCUT2D eigenvalue weighted by Gasteiger charge is -2.14. The molecule has 5 N–H and O–H groups in total. The number of carbonyl (C=O) groups is 3. The number of aromatic nitrogens is 3. The Morgan fingerprint density at radius 1 is 0.628 bits per heavy atom. The lowest BCUT2D eigenvalue weighted by molar-refractivity contribution is 0.0898.